The van der Waals surface area contributed by atoms with Crippen LogP contribution in [-0.2, 0) is 28.6 Å². The molecule has 0 radical (unpaired) electrons. The molecular formula is C73H116O6. The van der Waals surface area contributed by atoms with Gasteiger partial charge in [-0.3, -0.25) is 14.4 Å². The molecule has 0 aliphatic carbocycles. The number of hydrogen-bond donors (Lipinski definition) is 0. The molecule has 0 saturated heterocycles. The quantitative estimate of drug-likeness (QED) is 0.0261. The van der Waals surface area contributed by atoms with E-state index in [0.717, 1.165) is 128 Å². The van der Waals surface area contributed by atoms with E-state index in [9.17, 15) is 14.4 Å². The Balaban J connectivity index is 4.53. The summed E-state index contributed by atoms with van der Waals surface area (Å²) >= 11 is 0. The Morgan fingerprint density at radius 2 is 0.519 bits per heavy atom. The van der Waals surface area contributed by atoms with Crippen molar-refractivity contribution in [3.05, 3.63) is 158 Å². The minimum atomic E-state index is -0.835. The molecule has 0 rings (SSSR count). The summed E-state index contributed by atoms with van der Waals surface area (Å²) in [7, 11) is 0. The molecule has 0 heterocycles. The number of carbonyl (C=O) groups is 3. The fraction of sp³-hybridized carbons (Fsp3) is 0.603. The molecule has 0 spiro atoms. The van der Waals surface area contributed by atoms with Crippen LogP contribution < -0.4 is 0 Å². The van der Waals surface area contributed by atoms with Gasteiger partial charge in [0.1, 0.15) is 13.2 Å². The van der Waals surface area contributed by atoms with Crippen molar-refractivity contribution in [3.63, 3.8) is 0 Å². The molecule has 0 aromatic heterocycles. The fourth-order valence-corrected chi connectivity index (χ4v) is 8.29. The van der Waals surface area contributed by atoms with E-state index in [0.29, 0.717) is 19.3 Å². The van der Waals surface area contributed by atoms with Crippen molar-refractivity contribution in [1.29, 1.82) is 0 Å². The molecule has 0 aromatic rings. The van der Waals surface area contributed by atoms with E-state index < -0.39 is 12.1 Å². The predicted octanol–water partition coefficient (Wildman–Crippen LogP) is 22.1. The van der Waals surface area contributed by atoms with Crippen LogP contribution in [0, 0.1) is 0 Å². The SMILES string of the molecule is CC/C=C\C/C=C\C/C=C\C/C=C\C/C=C\C/C=C\CCC(=O)OC(COC(=O)CCCCCCCC/C=C\C/C=C\C/C=C\CCCCC)COC(=O)CCCCCCCCCCCC/C=C\C/C=C\C/C=C\C/C=C\CC. The van der Waals surface area contributed by atoms with E-state index in [4.69, 9.17) is 14.2 Å². The summed E-state index contributed by atoms with van der Waals surface area (Å²) in [6.07, 6.45) is 95.4. The van der Waals surface area contributed by atoms with Crippen LogP contribution in [0.5, 0.6) is 0 Å². The summed E-state index contributed by atoms with van der Waals surface area (Å²) in [4.78, 5) is 38.3. The average molecular weight is 1090 g/mol. The molecule has 1 unspecified atom stereocenters. The van der Waals surface area contributed by atoms with Crippen LogP contribution in [-0.4, -0.2) is 37.2 Å². The van der Waals surface area contributed by atoms with E-state index >= 15 is 0 Å². The second-order valence-electron chi connectivity index (χ2n) is 20.5. The molecule has 0 aliphatic rings. The van der Waals surface area contributed by atoms with Crippen LogP contribution in [0.3, 0.4) is 0 Å². The number of hydrogen-bond acceptors (Lipinski definition) is 6. The van der Waals surface area contributed by atoms with Gasteiger partial charge in [0, 0.05) is 19.3 Å². The van der Waals surface area contributed by atoms with Crippen LogP contribution in [0.4, 0.5) is 0 Å². The maximum atomic E-state index is 12.9. The minimum absolute atomic E-state index is 0.121. The zero-order valence-electron chi connectivity index (χ0n) is 50.8. The second-order valence-corrected chi connectivity index (χ2v) is 20.5. The largest absolute Gasteiger partial charge is 0.462 e. The third-order valence-corrected chi connectivity index (χ3v) is 13.0. The molecule has 0 bridgehead atoms. The van der Waals surface area contributed by atoms with Gasteiger partial charge in [-0.1, -0.05) is 269 Å². The summed E-state index contributed by atoms with van der Waals surface area (Å²) in [5, 5.41) is 0. The lowest BCUT2D eigenvalue weighted by Gasteiger charge is -2.18. The third-order valence-electron chi connectivity index (χ3n) is 13.0. The van der Waals surface area contributed by atoms with Crippen LogP contribution in [0.25, 0.3) is 0 Å². The van der Waals surface area contributed by atoms with Crippen molar-refractivity contribution in [2.75, 3.05) is 13.2 Å². The van der Waals surface area contributed by atoms with Gasteiger partial charge in [0.05, 0.1) is 0 Å². The lowest BCUT2D eigenvalue weighted by molar-refractivity contribution is -0.166. The minimum Gasteiger partial charge on any atom is -0.462 e. The zero-order chi connectivity index (χ0) is 57.1. The Bertz CT molecular complexity index is 1780. The first-order chi connectivity index (χ1) is 39.0. The van der Waals surface area contributed by atoms with Crippen molar-refractivity contribution in [2.45, 2.75) is 271 Å². The molecule has 0 saturated carbocycles. The van der Waals surface area contributed by atoms with Crippen molar-refractivity contribution in [1.82, 2.24) is 0 Å². The number of unbranched alkanes of at least 4 members (excludes halogenated alkanes) is 19. The second kappa shape index (κ2) is 65.5. The molecular weight excluding hydrogens is 973 g/mol. The Hall–Kier alpha value is -4.97. The normalized spacial score (nSPS) is 13.2. The first kappa shape index (κ1) is 74.0. The molecule has 0 aliphatic heterocycles. The van der Waals surface area contributed by atoms with E-state index in [-0.39, 0.29) is 31.6 Å². The molecule has 6 nitrogen and oxygen atoms in total. The number of allylic oxidation sites excluding steroid dienone is 26. The number of esters is 3. The molecule has 444 valence electrons. The highest BCUT2D eigenvalue weighted by Crippen LogP contribution is 2.14. The smallest absolute Gasteiger partial charge is 0.306 e. The summed E-state index contributed by atoms with van der Waals surface area (Å²) in [6, 6.07) is 0. The van der Waals surface area contributed by atoms with Gasteiger partial charge in [0.25, 0.3) is 0 Å². The number of rotatable bonds is 56. The molecule has 0 amide bonds. The standard InChI is InChI=1S/C73H116O6/c1-4-7-10-13-16-19-22-25-28-31-34-35-36-37-40-42-45-48-51-54-57-60-63-66-72(75)78-69-70(79-73(76)67-64-61-58-55-52-49-46-43-39-33-30-27-24-21-18-15-12-9-6-3)68-77-71(74)65-62-59-56-53-50-47-44-41-38-32-29-26-23-20-17-14-11-8-5-2/h7,9-10,12,16-21,25-30,34-35,38-39,41,43,49,52,58,61,70H,4-6,8,11,13-15,22-24,31-33,36-37,40,42,44-48,50-51,53-57,59-60,62-69H2,1-3H3/b10-7-,12-9-,19-16-,20-17-,21-18-,28-25-,29-26-,30-27-,35-34-,41-38-,43-39-,52-49-,61-58-. The van der Waals surface area contributed by atoms with Gasteiger partial charge in [-0.2, -0.15) is 0 Å². The van der Waals surface area contributed by atoms with Gasteiger partial charge in [0.2, 0.25) is 0 Å². The van der Waals surface area contributed by atoms with Crippen LogP contribution in [0.2, 0.25) is 0 Å². The summed E-state index contributed by atoms with van der Waals surface area (Å²) < 4.78 is 16.9. The van der Waals surface area contributed by atoms with Crippen molar-refractivity contribution >= 4 is 17.9 Å². The van der Waals surface area contributed by atoms with Crippen molar-refractivity contribution in [3.8, 4) is 0 Å². The molecule has 1 atom stereocenters. The summed E-state index contributed by atoms with van der Waals surface area (Å²) in [5.41, 5.74) is 0. The summed E-state index contributed by atoms with van der Waals surface area (Å²) in [5.74, 6) is -1.02. The van der Waals surface area contributed by atoms with Gasteiger partial charge in [-0.15, -0.1) is 0 Å². The monoisotopic (exact) mass is 1090 g/mol. The van der Waals surface area contributed by atoms with Gasteiger partial charge in [-0.05, 0) is 135 Å². The van der Waals surface area contributed by atoms with Crippen LogP contribution in [0.15, 0.2) is 158 Å². The number of ether oxygens (including phenoxy) is 3. The third kappa shape index (κ3) is 63.7. The Kier molecular flexibility index (Phi) is 61.4. The summed E-state index contributed by atoms with van der Waals surface area (Å²) in [6.45, 7) is 6.31. The highest BCUT2D eigenvalue weighted by Gasteiger charge is 2.19. The molecule has 6 heteroatoms. The zero-order valence-corrected chi connectivity index (χ0v) is 50.8. The van der Waals surface area contributed by atoms with E-state index in [2.05, 4.69) is 167 Å². The van der Waals surface area contributed by atoms with Crippen LogP contribution in [0.1, 0.15) is 265 Å². The molecule has 0 N–H and O–H groups in total. The highest BCUT2D eigenvalue weighted by atomic mass is 16.6. The van der Waals surface area contributed by atoms with Gasteiger partial charge < -0.3 is 14.2 Å². The maximum absolute atomic E-state index is 12.9. The Morgan fingerprint density at radius 1 is 0.266 bits per heavy atom. The van der Waals surface area contributed by atoms with E-state index in [1.54, 1.807) is 0 Å². The lowest BCUT2D eigenvalue weighted by atomic mass is 10.1. The van der Waals surface area contributed by atoms with Gasteiger partial charge in [0.15, 0.2) is 6.10 Å². The Morgan fingerprint density at radius 3 is 0.823 bits per heavy atom. The molecule has 0 fully saturated rings. The average Bonchev–Trinajstić information content (AvgIpc) is 3.45. The van der Waals surface area contributed by atoms with Crippen molar-refractivity contribution < 1.29 is 28.6 Å². The maximum Gasteiger partial charge on any atom is 0.306 e. The van der Waals surface area contributed by atoms with E-state index in [1.165, 1.54) is 89.9 Å². The lowest BCUT2D eigenvalue weighted by Crippen LogP contribution is -2.30. The molecule has 79 heavy (non-hydrogen) atoms. The predicted molar refractivity (Wildman–Crippen MR) is 343 cm³/mol. The van der Waals surface area contributed by atoms with Crippen molar-refractivity contribution in [2.24, 2.45) is 0 Å². The van der Waals surface area contributed by atoms with Crippen LogP contribution >= 0.6 is 0 Å². The van der Waals surface area contributed by atoms with Gasteiger partial charge >= 0.3 is 17.9 Å². The first-order valence-electron chi connectivity index (χ1n) is 32.0. The topological polar surface area (TPSA) is 78.9 Å². The van der Waals surface area contributed by atoms with E-state index in [1.807, 2.05) is 12.2 Å². The first-order valence-corrected chi connectivity index (χ1v) is 32.0. The Labute approximate surface area is 486 Å². The molecule has 0 aromatic carbocycles. The number of carbonyl (C=O) groups excluding carboxylic acids is 3. The fourth-order valence-electron chi connectivity index (χ4n) is 8.29. The highest BCUT2D eigenvalue weighted by molar-refractivity contribution is 5.71. The van der Waals surface area contributed by atoms with Gasteiger partial charge in [-0.25, -0.2) is 0 Å².